The number of nitrogens with one attached hydrogen (secondary N) is 1. The standard InChI is InChI=1S/C13H11F3N2O2/c1-20-12(19)10-7-17-11(18-10)6-8-2-4-9(5-3-8)13(14,15)16/h2-5,7H,6H2,1H3,(H,17,18). The van der Waals surface area contributed by atoms with E-state index in [4.69, 9.17) is 0 Å². The van der Waals surface area contributed by atoms with E-state index >= 15 is 0 Å². The molecule has 0 unspecified atom stereocenters. The second-order valence-corrected chi connectivity index (χ2v) is 4.11. The topological polar surface area (TPSA) is 55.0 Å². The molecular formula is C13H11F3N2O2. The molecule has 20 heavy (non-hydrogen) atoms. The van der Waals surface area contributed by atoms with Gasteiger partial charge in [-0.3, -0.25) is 0 Å². The number of hydrogen-bond donors (Lipinski definition) is 1. The third-order valence-electron chi connectivity index (χ3n) is 2.69. The first-order valence-corrected chi connectivity index (χ1v) is 5.68. The predicted molar refractivity (Wildman–Crippen MR) is 64.2 cm³/mol. The Kier molecular flexibility index (Phi) is 3.78. The van der Waals surface area contributed by atoms with E-state index in [1.807, 2.05) is 0 Å². The number of H-pyrrole nitrogens is 1. The lowest BCUT2D eigenvalue weighted by Crippen LogP contribution is -2.04. The highest BCUT2D eigenvalue weighted by Crippen LogP contribution is 2.29. The van der Waals surface area contributed by atoms with Crippen molar-refractivity contribution in [1.82, 2.24) is 9.97 Å². The van der Waals surface area contributed by atoms with Gasteiger partial charge in [0, 0.05) is 6.42 Å². The number of aromatic nitrogens is 2. The maximum Gasteiger partial charge on any atom is 0.416 e. The van der Waals surface area contributed by atoms with E-state index in [1.54, 1.807) is 0 Å². The summed E-state index contributed by atoms with van der Waals surface area (Å²) in [6.45, 7) is 0. The van der Waals surface area contributed by atoms with Crippen LogP contribution in [0, 0.1) is 0 Å². The quantitative estimate of drug-likeness (QED) is 0.882. The number of methoxy groups -OCH3 is 1. The zero-order chi connectivity index (χ0) is 14.8. The maximum absolute atomic E-state index is 12.4. The van der Waals surface area contributed by atoms with Crippen molar-refractivity contribution in [3.05, 3.63) is 53.1 Å². The Morgan fingerprint density at radius 2 is 1.95 bits per heavy atom. The molecule has 2 aromatic rings. The third-order valence-corrected chi connectivity index (χ3v) is 2.69. The first-order chi connectivity index (χ1) is 9.40. The molecule has 0 aliphatic rings. The lowest BCUT2D eigenvalue weighted by molar-refractivity contribution is -0.137. The molecule has 0 saturated carbocycles. The van der Waals surface area contributed by atoms with Gasteiger partial charge in [0.2, 0.25) is 0 Å². The Bertz CT molecular complexity index is 603. The van der Waals surface area contributed by atoms with Crippen molar-refractivity contribution in [2.24, 2.45) is 0 Å². The van der Waals surface area contributed by atoms with Crippen LogP contribution in [0.1, 0.15) is 27.4 Å². The Hall–Kier alpha value is -2.31. The zero-order valence-electron chi connectivity index (χ0n) is 10.5. The van der Waals surface area contributed by atoms with Gasteiger partial charge in [-0.05, 0) is 17.7 Å². The van der Waals surface area contributed by atoms with E-state index in [9.17, 15) is 18.0 Å². The fraction of sp³-hybridized carbons (Fsp3) is 0.231. The summed E-state index contributed by atoms with van der Waals surface area (Å²) in [4.78, 5) is 17.9. The number of rotatable bonds is 3. The van der Waals surface area contributed by atoms with Gasteiger partial charge in [0.25, 0.3) is 0 Å². The van der Waals surface area contributed by atoms with Crippen LogP contribution in [-0.2, 0) is 17.3 Å². The van der Waals surface area contributed by atoms with Crippen molar-refractivity contribution in [2.75, 3.05) is 7.11 Å². The maximum atomic E-state index is 12.4. The molecule has 7 heteroatoms. The smallest absolute Gasteiger partial charge is 0.416 e. The lowest BCUT2D eigenvalue weighted by atomic mass is 10.1. The molecule has 0 bridgehead atoms. The molecule has 4 nitrogen and oxygen atoms in total. The van der Waals surface area contributed by atoms with Crippen LogP contribution in [0.15, 0.2) is 30.5 Å². The predicted octanol–water partition coefficient (Wildman–Crippen LogP) is 2.81. The van der Waals surface area contributed by atoms with Gasteiger partial charge >= 0.3 is 12.1 Å². The molecule has 1 N–H and O–H groups in total. The number of nitrogens with zero attached hydrogens (tertiary/aromatic N) is 1. The molecule has 0 saturated heterocycles. The molecule has 0 atom stereocenters. The summed E-state index contributed by atoms with van der Waals surface area (Å²) >= 11 is 0. The zero-order valence-corrected chi connectivity index (χ0v) is 10.5. The van der Waals surface area contributed by atoms with Gasteiger partial charge in [0.1, 0.15) is 11.5 Å². The molecule has 0 radical (unpaired) electrons. The van der Waals surface area contributed by atoms with Crippen LogP contribution in [0.4, 0.5) is 13.2 Å². The second-order valence-electron chi connectivity index (χ2n) is 4.11. The van der Waals surface area contributed by atoms with Gasteiger partial charge in [-0.2, -0.15) is 13.2 Å². The Morgan fingerprint density at radius 3 is 2.50 bits per heavy atom. The highest BCUT2D eigenvalue weighted by molar-refractivity contribution is 5.86. The van der Waals surface area contributed by atoms with Crippen molar-refractivity contribution in [3.63, 3.8) is 0 Å². The van der Waals surface area contributed by atoms with E-state index in [0.29, 0.717) is 17.8 Å². The van der Waals surface area contributed by atoms with Gasteiger partial charge in [0.05, 0.1) is 18.9 Å². The third kappa shape index (κ3) is 3.17. The number of aromatic amines is 1. The summed E-state index contributed by atoms with van der Waals surface area (Å²) in [6, 6.07) is 4.78. The van der Waals surface area contributed by atoms with Crippen LogP contribution < -0.4 is 0 Å². The SMILES string of the molecule is COC(=O)c1cnc(Cc2ccc(C(F)(F)F)cc2)[nH]1. The van der Waals surface area contributed by atoms with Crippen LogP contribution >= 0.6 is 0 Å². The van der Waals surface area contributed by atoms with Crippen molar-refractivity contribution in [1.29, 1.82) is 0 Å². The van der Waals surface area contributed by atoms with E-state index < -0.39 is 17.7 Å². The highest BCUT2D eigenvalue weighted by atomic mass is 19.4. The lowest BCUT2D eigenvalue weighted by Gasteiger charge is -2.06. The monoisotopic (exact) mass is 284 g/mol. The van der Waals surface area contributed by atoms with E-state index in [2.05, 4.69) is 14.7 Å². The van der Waals surface area contributed by atoms with E-state index in [-0.39, 0.29) is 5.69 Å². The number of esters is 1. The number of halogens is 3. The molecule has 0 spiro atoms. The Balaban J connectivity index is 2.10. The minimum absolute atomic E-state index is 0.203. The van der Waals surface area contributed by atoms with Gasteiger partial charge < -0.3 is 9.72 Å². The summed E-state index contributed by atoms with van der Waals surface area (Å²) in [5, 5.41) is 0. The van der Waals surface area contributed by atoms with Gasteiger partial charge in [0.15, 0.2) is 0 Å². The Morgan fingerprint density at radius 1 is 1.30 bits per heavy atom. The molecule has 1 aromatic carbocycles. The number of carbonyl (C=O) groups is 1. The van der Waals surface area contributed by atoms with Crippen molar-refractivity contribution in [2.45, 2.75) is 12.6 Å². The molecule has 106 valence electrons. The fourth-order valence-corrected chi connectivity index (χ4v) is 1.67. The summed E-state index contributed by atoms with van der Waals surface area (Å²) < 4.78 is 41.7. The molecular weight excluding hydrogens is 273 g/mol. The van der Waals surface area contributed by atoms with E-state index in [0.717, 1.165) is 12.1 Å². The number of ether oxygens (including phenoxy) is 1. The molecule has 1 aromatic heterocycles. The number of hydrogen-bond acceptors (Lipinski definition) is 3. The average Bonchev–Trinajstić information content (AvgIpc) is 2.86. The fourth-order valence-electron chi connectivity index (χ4n) is 1.67. The van der Waals surface area contributed by atoms with Gasteiger partial charge in [-0.25, -0.2) is 9.78 Å². The molecule has 1 heterocycles. The summed E-state index contributed by atoms with van der Waals surface area (Å²) in [6.07, 6.45) is -2.72. The van der Waals surface area contributed by atoms with Crippen molar-refractivity contribution >= 4 is 5.97 Å². The molecule has 0 aliphatic heterocycles. The van der Waals surface area contributed by atoms with Crippen LogP contribution in [0.25, 0.3) is 0 Å². The summed E-state index contributed by atoms with van der Waals surface area (Å²) in [7, 11) is 1.25. The van der Waals surface area contributed by atoms with Crippen LogP contribution in [0.2, 0.25) is 0 Å². The van der Waals surface area contributed by atoms with Crippen molar-refractivity contribution < 1.29 is 22.7 Å². The second kappa shape index (κ2) is 5.36. The molecule has 0 fully saturated rings. The average molecular weight is 284 g/mol. The Labute approximate surface area is 112 Å². The minimum Gasteiger partial charge on any atom is -0.464 e. The first kappa shape index (κ1) is 14.1. The normalized spacial score (nSPS) is 11.4. The van der Waals surface area contributed by atoms with Crippen molar-refractivity contribution in [3.8, 4) is 0 Å². The van der Waals surface area contributed by atoms with Gasteiger partial charge in [-0.1, -0.05) is 12.1 Å². The number of benzene rings is 1. The molecule has 0 amide bonds. The molecule has 2 rings (SSSR count). The van der Waals surface area contributed by atoms with Crippen LogP contribution in [0.5, 0.6) is 0 Å². The van der Waals surface area contributed by atoms with Gasteiger partial charge in [-0.15, -0.1) is 0 Å². The number of carbonyl (C=O) groups excluding carboxylic acids is 1. The van der Waals surface area contributed by atoms with E-state index in [1.165, 1.54) is 25.4 Å². The number of imidazole rings is 1. The minimum atomic E-state index is -4.35. The summed E-state index contributed by atoms with van der Waals surface area (Å²) in [5.74, 6) is -0.0682. The largest absolute Gasteiger partial charge is 0.464 e. The molecule has 0 aliphatic carbocycles. The van der Waals surface area contributed by atoms with Crippen LogP contribution in [-0.4, -0.2) is 23.0 Å². The first-order valence-electron chi connectivity index (χ1n) is 5.68. The van der Waals surface area contributed by atoms with Crippen LogP contribution in [0.3, 0.4) is 0 Å². The summed E-state index contributed by atoms with van der Waals surface area (Å²) in [5.41, 5.74) is 0.161. The highest BCUT2D eigenvalue weighted by Gasteiger charge is 2.29. The number of alkyl halides is 3.